The van der Waals surface area contributed by atoms with E-state index < -0.39 is 37.3 Å². The first-order valence-corrected chi connectivity index (χ1v) is 3.78. The molecule has 0 aromatic carbocycles. The van der Waals surface area contributed by atoms with Gasteiger partial charge in [0, 0.05) is 0 Å². The Hall–Kier alpha value is -0.280. The molecule has 7 nitrogen and oxygen atoms in total. The van der Waals surface area contributed by atoms with Crippen LogP contribution in [0, 0.1) is 0 Å². The number of hydrogen-bond donors (Lipinski definition) is 5. The SMILES string of the molecule is NO[C@H]1O[C@H](CO)[C@@H](O)[C@@H](O)[C@@H]1O. The molecule has 1 fully saturated rings. The molecule has 13 heavy (non-hydrogen) atoms. The van der Waals surface area contributed by atoms with E-state index in [1.54, 1.807) is 0 Å². The number of rotatable bonds is 2. The summed E-state index contributed by atoms with van der Waals surface area (Å²) in [6.45, 7) is -0.495. The van der Waals surface area contributed by atoms with Gasteiger partial charge in [-0.3, -0.25) is 4.84 Å². The second kappa shape index (κ2) is 4.29. The summed E-state index contributed by atoms with van der Waals surface area (Å²) in [5.41, 5.74) is 0. The van der Waals surface area contributed by atoms with Gasteiger partial charge in [-0.05, 0) is 0 Å². The Labute approximate surface area is 74.3 Å². The van der Waals surface area contributed by atoms with Crippen LogP contribution < -0.4 is 5.90 Å². The largest absolute Gasteiger partial charge is 0.394 e. The highest BCUT2D eigenvalue weighted by Crippen LogP contribution is 2.20. The number of aliphatic hydroxyl groups is 4. The number of nitrogens with two attached hydrogens (primary N) is 1. The van der Waals surface area contributed by atoms with Gasteiger partial charge in [0.2, 0.25) is 6.29 Å². The highest BCUT2D eigenvalue weighted by atomic mass is 16.8. The van der Waals surface area contributed by atoms with Gasteiger partial charge in [-0.1, -0.05) is 0 Å². The zero-order chi connectivity index (χ0) is 10.0. The van der Waals surface area contributed by atoms with Crippen LogP contribution in [0.4, 0.5) is 0 Å². The van der Waals surface area contributed by atoms with E-state index in [0.29, 0.717) is 0 Å². The van der Waals surface area contributed by atoms with Crippen molar-refractivity contribution in [3.05, 3.63) is 0 Å². The molecular formula is C6H13NO6. The summed E-state index contributed by atoms with van der Waals surface area (Å²) in [6, 6.07) is 0. The molecule has 0 spiro atoms. The molecule has 0 unspecified atom stereocenters. The van der Waals surface area contributed by atoms with Gasteiger partial charge in [0.15, 0.2) is 0 Å². The molecule has 0 aliphatic carbocycles. The Morgan fingerprint density at radius 2 is 1.77 bits per heavy atom. The fraction of sp³-hybridized carbons (Fsp3) is 1.00. The summed E-state index contributed by atoms with van der Waals surface area (Å²) in [4.78, 5) is 4.20. The van der Waals surface area contributed by atoms with Crippen molar-refractivity contribution in [2.75, 3.05) is 6.61 Å². The highest BCUT2D eigenvalue weighted by Gasteiger charge is 2.43. The lowest BCUT2D eigenvalue weighted by Gasteiger charge is -2.38. The van der Waals surface area contributed by atoms with Crippen LogP contribution in [0.5, 0.6) is 0 Å². The van der Waals surface area contributed by atoms with E-state index in [-0.39, 0.29) is 0 Å². The summed E-state index contributed by atoms with van der Waals surface area (Å²) in [5.74, 6) is 4.76. The molecule has 5 atom stereocenters. The maximum Gasteiger partial charge on any atom is 0.206 e. The first-order valence-electron chi connectivity index (χ1n) is 3.78. The summed E-state index contributed by atoms with van der Waals surface area (Å²) >= 11 is 0. The van der Waals surface area contributed by atoms with Gasteiger partial charge in [-0.25, -0.2) is 5.90 Å². The van der Waals surface area contributed by atoms with Crippen LogP contribution in [0.3, 0.4) is 0 Å². The molecule has 78 valence electrons. The van der Waals surface area contributed by atoms with Crippen LogP contribution in [0.25, 0.3) is 0 Å². The molecular weight excluding hydrogens is 182 g/mol. The zero-order valence-electron chi connectivity index (χ0n) is 6.78. The van der Waals surface area contributed by atoms with Crippen LogP contribution in [-0.4, -0.2) is 57.7 Å². The van der Waals surface area contributed by atoms with Gasteiger partial charge in [-0.2, -0.15) is 0 Å². The topological polar surface area (TPSA) is 125 Å². The summed E-state index contributed by atoms with van der Waals surface area (Å²) in [6.07, 6.45) is -6.48. The van der Waals surface area contributed by atoms with Crippen molar-refractivity contribution in [1.29, 1.82) is 0 Å². The van der Waals surface area contributed by atoms with Crippen molar-refractivity contribution in [1.82, 2.24) is 0 Å². The fourth-order valence-corrected chi connectivity index (χ4v) is 1.18. The molecule has 6 N–H and O–H groups in total. The molecule has 1 heterocycles. The van der Waals surface area contributed by atoms with Crippen LogP contribution in [0.15, 0.2) is 0 Å². The molecule has 0 amide bonds. The van der Waals surface area contributed by atoms with Crippen molar-refractivity contribution in [3.63, 3.8) is 0 Å². The van der Waals surface area contributed by atoms with Crippen LogP contribution in [0.1, 0.15) is 0 Å². The molecule has 0 radical (unpaired) electrons. The fourth-order valence-electron chi connectivity index (χ4n) is 1.18. The molecule has 1 aliphatic rings. The lowest BCUT2D eigenvalue weighted by Crippen LogP contribution is -2.59. The third kappa shape index (κ3) is 1.97. The Morgan fingerprint density at radius 1 is 1.15 bits per heavy atom. The molecule has 0 aromatic rings. The van der Waals surface area contributed by atoms with E-state index in [9.17, 15) is 15.3 Å². The second-order valence-corrected chi connectivity index (χ2v) is 2.83. The van der Waals surface area contributed by atoms with Crippen molar-refractivity contribution >= 4 is 0 Å². The lowest BCUT2D eigenvalue weighted by atomic mass is 9.99. The lowest BCUT2D eigenvalue weighted by molar-refractivity contribution is -0.302. The first-order chi connectivity index (χ1) is 6.11. The molecule has 0 saturated carbocycles. The van der Waals surface area contributed by atoms with Gasteiger partial charge in [-0.15, -0.1) is 0 Å². The predicted octanol–water partition coefficient (Wildman–Crippen LogP) is -3.32. The zero-order valence-corrected chi connectivity index (χ0v) is 6.78. The number of hydrogen-bond acceptors (Lipinski definition) is 7. The van der Waals surface area contributed by atoms with Crippen molar-refractivity contribution in [3.8, 4) is 0 Å². The van der Waals surface area contributed by atoms with Crippen LogP contribution in [-0.2, 0) is 9.57 Å². The van der Waals surface area contributed by atoms with Gasteiger partial charge in [0.05, 0.1) is 6.61 Å². The van der Waals surface area contributed by atoms with Crippen LogP contribution in [0.2, 0.25) is 0 Å². The average molecular weight is 195 g/mol. The van der Waals surface area contributed by atoms with Crippen molar-refractivity contribution in [2.24, 2.45) is 5.90 Å². The first kappa shape index (κ1) is 10.8. The molecule has 7 heteroatoms. The van der Waals surface area contributed by atoms with E-state index >= 15 is 0 Å². The molecule has 1 rings (SSSR count). The Kier molecular flexibility index (Phi) is 3.56. The Morgan fingerprint density at radius 3 is 2.23 bits per heavy atom. The predicted molar refractivity (Wildman–Crippen MR) is 39.0 cm³/mol. The van der Waals surface area contributed by atoms with E-state index in [1.165, 1.54) is 0 Å². The van der Waals surface area contributed by atoms with Crippen LogP contribution >= 0.6 is 0 Å². The Balaban J connectivity index is 2.66. The summed E-state index contributed by atoms with van der Waals surface area (Å²) in [5, 5.41) is 36.4. The maximum atomic E-state index is 9.23. The maximum absolute atomic E-state index is 9.23. The normalized spacial score (nSPS) is 46.4. The second-order valence-electron chi connectivity index (χ2n) is 2.83. The third-order valence-corrected chi connectivity index (χ3v) is 1.98. The average Bonchev–Trinajstić information content (AvgIpc) is 2.15. The molecule has 1 aliphatic heterocycles. The smallest absolute Gasteiger partial charge is 0.206 e. The molecule has 0 aromatic heterocycles. The summed E-state index contributed by atoms with van der Waals surface area (Å²) in [7, 11) is 0. The minimum Gasteiger partial charge on any atom is -0.394 e. The van der Waals surface area contributed by atoms with Gasteiger partial charge >= 0.3 is 0 Å². The highest BCUT2D eigenvalue weighted by molar-refractivity contribution is 4.88. The summed E-state index contributed by atoms with van der Waals surface area (Å²) < 4.78 is 4.82. The molecule has 1 saturated heterocycles. The Bertz CT molecular complexity index is 147. The standard InChI is InChI=1S/C6H13NO6/c7-13-6-5(11)4(10)3(9)2(1-8)12-6/h2-6,8-11H,1,7H2/t2-,3-,4-,5+,6-/m1/s1. The van der Waals surface area contributed by atoms with E-state index in [0.717, 1.165) is 0 Å². The third-order valence-electron chi connectivity index (χ3n) is 1.98. The number of aliphatic hydroxyl groups excluding tert-OH is 4. The number of ether oxygens (including phenoxy) is 1. The van der Waals surface area contributed by atoms with E-state index in [4.69, 9.17) is 15.7 Å². The van der Waals surface area contributed by atoms with Gasteiger partial charge < -0.3 is 25.2 Å². The van der Waals surface area contributed by atoms with Crippen molar-refractivity contribution < 1.29 is 30.0 Å². The quantitative estimate of drug-likeness (QED) is 0.292. The van der Waals surface area contributed by atoms with Gasteiger partial charge in [0.1, 0.15) is 24.4 Å². The van der Waals surface area contributed by atoms with E-state index in [2.05, 4.69) is 4.84 Å². The monoisotopic (exact) mass is 195 g/mol. The van der Waals surface area contributed by atoms with Gasteiger partial charge in [0.25, 0.3) is 0 Å². The van der Waals surface area contributed by atoms with E-state index in [1.807, 2.05) is 0 Å². The minimum atomic E-state index is -1.44. The van der Waals surface area contributed by atoms with Crippen molar-refractivity contribution in [2.45, 2.75) is 30.7 Å². The molecule has 0 bridgehead atoms. The minimum absolute atomic E-state index is 0.495.